The summed E-state index contributed by atoms with van der Waals surface area (Å²) in [6, 6.07) is 11.0. The van der Waals surface area contributed by atoms with Crippen LogP contribution in [0, 0.1) is 29.6 Å². The van der Waals surface area contributed by atoms with Gasteiger partial charge in [0, 0.05) is 38.1 Å². The van der Waals surface area contributed by atoms with Gasteiger partial charge in [-0.1, -0.05) is 76.3 Å². The second kappa shape index (κ2) is 8.86. The maximum Gasteiger partial charge on any atom is 0.240 e. The Morgan fingerprint density at radius 2 is 1.97 bits per heavy atom. The van der Waals surface area contributed by atoms with E-state index in [2.05, 4.69) is 53.6 Å². The molecule has 5 fully saturated rings. The summed E-state index contributed by atoms with van der Waals surface area (Å²) in [5.41, 5.74) is 0.812. The lowest BCUT2D eigenvalue weighted by Gasteiger charge is -2.57. The summed E-state index contributed by atoms with van der Waals surface area (Å²) in [7, 11) is 0. The normalized spacial score (nSPS) is 35.6. The van der Waals surface area contributed by atoms with E-state index in [0.29, 0.717) is 30.3 Å². The average molecular weight is 424 g/mol. The molecule has 0 radical (unpaired) electrons. The summed E-state index contributed by atoms with van der Waals surface area (Å²) < 4.78 is 0. The van der Waals surface area contributed by atoms with Crippen LogP contribution in [-0.4, -0.2) is 42.0 Å². The van der Waals surface area contributed by atoms with Gasteiger partial charge in [0.25, 0.3) is 0 Å². The fraction of sp³-hybridized carbons (Fsp3) is 0.741. The van der Waals surface area contributed by atoms with E-state index < -0.39 is 0 Å². The zero-order valence-corrected chi connectivity index (χ0v) is 19.5. The number of benzene rings is 1. The zero-order valence-electron chi connectivity index (χ0n) is 19.5. The van der Waals surface area contributed by atoms with Crippen LogP contribution in [0.4, 0.5) is 0 Å². The van der Waals surface area contributed by atoms with Crippen molar-refractivity contribution in [2.24, 2.45) is 29.6 Å². The molecule has 0 unspecified atom stereocenters. The number of amides is 1. The number of likely N-dealkylation sites (tertiary alicyclic amines) is 1. The van der Waals surface area contributed by atoms with E-state index in [1.54, 1.807) is 0 Å². The molecule has 3 heterocycles. The van der Waals surface area contributed by atoms with Gasteiger partial charge in [-0.25, -0.2) is 0 Å². The summed E-state index contributed by atoms with van der Waals surface area (Å²) >= 11 is 0. The largest absolute Gasteiger partial charge is 0.350 e. The summed E-state index contributed by atoms with van der Waals surface area (Å²) in [4.78, 5) is 16.6. The van der Waals surface area contributed by atoms with Crippen molar-refractivity contribution >= 4 is 5.91 Å². The van der Waals surface area contributed by atoms with Crippen molar-refractivity contribution in [2.75, 3.05) is 19.6 Å². The molecule has 2 aliphatic carbocycles. The number of hydrogen-bond donors (Lipinski definition) is 2. The van der Waals surface area contributed by atoms with E-state index >= 15 is 0 Å². The molecule has 0 aromatic heterocycles. The van der Waals surface area contributed by atoms with Gasteiger partial charge in [-0.3, -0.25) is 9.69 Å². The van der Waals surface area contributed by atoms with Crippen molar-refractivity contribution in [3.8, 4) is 0 Å². The fourth-order valence-electron chi connectivity index (χ4n) is 7.59. The van der Waals surface area contributed by atoms with E-state index in [1.165, 1.54) is 57.2 Å². The summed E-state index contributed by atoms with van der Waals surface area (Å²) in [6.45, 7) is 8.72. The van der Waals surface area contributed by atoms with Crippen molar-refractivity contribution in [1.82, 2.24) is 15.5 Å². The van der Waals surface area contributed by atoms with Crippen molar-refractivity contribution < 1.29 is 4.79 Å². The Kier molecular flexibility index (Phi) is 6.13. The maximum atomic E-state index is 13.9. The predicted octanol–water partition coefficient (Wildman–Crippen LogP) is 4.21. The van der Waals surface area contributed by atoms with E-state index in [9.17, 15) is 4.79 Å². The molecular weight excluding hydrogens is 382 g/mol. The molecule has 4 bridgehead atoms. The first-order chi connectivity index (χ1) is 15.1. The number of nitrogens with zero attached hydrogens (tertiary/aromatic N) is 1. The Bertz CT molecular complexity index is 759. The van der Waals surface area contributed by atoms with Crippen LogP contribution >= 0.6 is 0 Å². The quantitative estimate of drug-likeness (QED) is 0.691. The highest BCUT2D eigenvalue weighted by atomic mass is 16.2. The third kappa shape index (κ3) is 4.06. The minimum atomic E-state index is -0.373. The minimum absolute atomic E-state index is 0.261. The predicted molar refractivity (Wildman–Crippen MR) is 126 cm³/mol. The van der Waals surface area contributed by atoms with Crippen LogP contribution in [0.5, 0.6) is 0 Å². The molecule has 1 amide bonds. The minimum Gasteiger partial charge on any atom is -0.350 e. The lowest BCUT2D eigenvalue weighted by atomic mass is 9.57. The molecule has 2 N–H and O–H groups in total. The third-order valence-corrected chi connectivity index (χ3v) is 8.83. The highest BCUT2D eigenvalue weighted by Crippen LogP contribution is 2.54. The lowest BCUT2D eigenvalue weighted by molar-refractivity contribution is -0.139. The topological polar surface area (TPSA) is 44.4 Å². The van der Waals surface area contributed by atoms with Gasteiger partial charge in [0.2, 0.25) is 5.91 Å². The molecule has 4 heteroatoms. The molecule has 0 spiro atoms. The molecule has 170 valence electrons. The molecule has 4 nitrogen and oxygen atoms in total. The summed E-state index contributed by atoms with van der Waals surface area (Å²) in [5.74, 6) is 3.60. The Labute approximate surface area is 188 Å². The van der Waals surface area contributed by atoms with E-state index in [-0.39, 0.29) is 11.4 Å². The second-order valence-electron chi connectivity index (χ2n) is 11.3. The SMILES string of the molecule is CC(C)CN1C[C@H]2C[C@]3(C(=O)NCc4ccccc4)NC[C@H]2[C@@H]1[C@@H]3CC1CCCCC1. The summed E-state index contributed by atoms with van der Waals surface area (Å²) in [5, 5.41) is 7.20. The molecule has 3 saturated heterocycles. The van der Waals surface area contributed by atoms with Gasteiger partial charge < -0.3 is 10.6 Å². The third-order valence-electron chi connectivity index (χ3n) is 8.83. The Morgan fingerprint density at radius 3 is 2.71 bits per heavy atom. The van der Waals surface area contributed by atoms with Gasteiger partial charge in [-0.2, -0.15) is 0 Å². The van der Waals surface area contributed by atoms with Gasteiger partial charge >= 0.3 is 0 Å². The number of carbonyl (C=O) groups excluding carboxylic acids is 1. The van der Waals surface area contributed by atoms with E-state index in [4.69, 9.17) is 0 Å². The molecule has 3 aliphatic heterocycles. The Balaban J connectivity index is 1.40. The van der Waals surface area contributed by atoms with Gasteiger partial charge in [0.1, 0.15) is 5.54 Å². The van der Waals surface area contributed by atoms with Crippen molar-refractivity contribution in [2.45, 2.75) is 76.9 Å². The van der Waals surface area contributed by atoms with Crippen LogP contribution in [-0.2, 0) is 11.3 Å². The monoisotopic (exact) mass is 423 g/mol. The van der Waals surface area contributed by atoms with Gasteiger partial charge in [-0.05, 0) is 42.1 Å². The number of fused-ring (bicyclic) bond motifs is 1. The molecule has 2 saturated carbocycles. The zero-order chi connectivity index (χ0) is 21.4. The van der Waals surface area contributed by atoms with E-state index in [0.717, 1.165) is 24.8 Å². The average Bonchev–Trinajstić information content (AvgIpc) is 3.08. The van der Waals surface area contributed by atoms with Crippen LogP contribution in [0.3, 0.4) is 0 Å². The number of nitrogens with one attached hydrogen (secondary N) is 2. The maximum absolute atomic E-state index is 13.9. The molecular formula is C27H41N3O. The van der Waals surface area contributed by atoms with Crippen molar-refractivity contribution in [3.05, 3.63) is 35.9 Å². The van der Waals surface area contributed by atoms with Crippen LogP contribution in [0.2, 0.25) is 0 Å². The highest BCUT2D eigenvalue weighted by Gasteiger charge is 2.64. The molecule has 5 atom stereocenters. The van der Waals surface area contributed by atoms with Crippen molar-refractivity contribution in [3.63, 3.8) is 0 Å². The van der Waals surface area contributed by atoms with Gasteiger partial charge in [0.05, 0.1) is 0 Å². The first kappa shape index (κ1) is 21.5. The number of carbonyl (C=O) groups is 1. The highest BCUT2D eigenvalue weighted by molar-refractivity contribution is 5.87. The molecule has 6 rings (SSSR count). The number of hydrogen-bond acceptors (Lipinski definition) is 3. The number of piperidine rings is 2. The second-order valence-corrected chi connectivity index (χ2v) is 11.3. The van der Waals surface area contributed by atoms with Crippen molar-refractivity contribution in [1.29, 1.82) is 0 Å². The smallest absolute Gasteiger partial charge is 0.240 e. The fourth-order valence-corrected chi connectivity index (χ4v) is 7.59. The first-order valence-corrected chi connectivity index (χ1v) is 12.9. The van der Waals surface area contributed by atoms with Crippen LogP contribution in [0.25, 0.3) is 0 Å². The molecule has 1 aromatic carbocycles. The Morgan fingerprint density at radius 1 is 1.19 bits per heavy atom. The first-order valence-electron chi connectivity index (χ1n) is 12.9. The molecule has 1 aromatic rings. The van der Waals surface area contributed by atoms with E-state index in [1.807, 2.05) is 6.07 Å². The van der Waals surface area contributed by atoms with Crippen LogP contribution in [0.1, 0.15) is 64.4 Å². The standard InChI is InChI=1S/C27H41N3O/c1-19(2)17-30-18-22-14-27(26(31)28-15-21-11-7-4-8-12-21)24(25(30)23(22)16-29-27)13-20-9-5-3-6-10-20/h4,7-8,11-12,19-20,22-25,29H,3,5-6,9-10,13-18H2,1-2H3,(H,28,31)/t22-,23-,24+,25-,27+/m1/s1. The van der Waals surface area contributed by atoms with Crippen LogP contribution < -0.4 is 10.6 Å². The molecule has 5 aliphatic rings. The van der Waals surface area contributed by atoms with Gasteiger partial charge in [-0.15, -0.1) is 0 Å². The number of rotatable bonds is 7. The Hall–Kier alpha value is -1.39. The lowest BCUT2D eigenvalue weighted by Crippen LogP contribution is -2.74. The van der Waals surface area contributed by atoms with Crippen LogP contribution in [0.15, 0.2) is 30.3 Å². The van der Waals surface area contributed by atoms with Gasteiger partial charge in [0.15, 0.2) is 0 Å². The molecule has 31 heavy (non-hydrogen) atoms. The summed E-state index contributed by atoms with van der Waals surface area (Å²) in [6.07, 6.45) is 9.14.